The largest absolute Gasteiger partial charge is 0.433 e. The molecule has 2 aliphatic rings. The minimum absolute atomic E-state index is 0.207. The van der Waals surface area contributed by atoms with Gasteiger partial charge in [0.25, 0.3) is 0 Å². The summed E-state index contributed by atoms with van der Waals surface area (Å²) >= 11 is 0. The van der Waals surface area contributed by atoms with Gasteiger partial charge in [0.05, 0.1) is 6.54 Å². The Hall–Kier alpha value is -2.96. The van der Waals surface area contributed by atoms with Gasteiger partial charge in [0.2, 0.25) is 0 Å². The van der Waals surface area contributed by atoms with Gasteiger partial charge in [0, 0.05) is 23.0 Å². The molecule has 1 aromatic heterocycles. The molecule has 0 aromatic carbocycles. The highest BCUT2D eigenvalue weighted by Gasteiger charge is 2.33. The van der Waals surface area contributed by atoms with Crippen molar-refractivity contribution in [3.8, 4) is 0 Å². The molecule has 0 bridgehead atoms. The number of aromatic nitrogens is 1. The molecule has 1 aromatic rings. The molecule has 0 fully saturated rings. The molecular formula is C21H21F3N4. The number of hydrogen-bond acceptors (Lipinski definition) is 4. The first-order valence-electron chi connectivity index (χ1n) is 9.03. The van der Waals surface area contributed by atoms with Gasteiger partial charge in [-0.1, -0.05) is 36.4 Å². The van der Waals surface area contributed by atoms with Crippen molar-refractivity contribution in [3.05, 3.63) is 71.1 Å². The van der Waals surface area contributed by atoms with Crippen molar-refractivity contribution >= 4 is 17.4 Å². The van der Waals surface area contributed by atoms with E-state index in [0.29, 0.717) is 24.4 Å². The van der Waals surface area contributed by atoms with Gasteiger partial charge < -0.3 is 5.32 Å². The van der Waals surface area contributed by atoms with Crippen LogP contribution in [0.2, 0.25) is 0 Å². The van der Waals surface area contributed by atoms with E-state index in [1.165, 1.54) is 6.07 Å². The van der Waals surface area contributed by atoms with Crippen LogP contribution in [0.1, 0.15) is 37.9 Å². The summed E-state index contributed by atoms with van der Waals surface area (Å²) in [5.74, 6) is 0.743. The lowest BCUT2D eigenvalue weighted by Gasteiger charge is -2.22. The van der Waals surface area contributed by atoms with E-state index in [0.717, 1.165) is 29.3 Å². The summed E-state index contributed by atoms with van der Waals surface area (Å²) < 4.78 is 38.7. The quantitative estimate of drug-likeness (QED) is 0.683. The fourth-order valence-corrected chi connectivity index (χ4v) is 2.95. The number of nitrogens with one attached hydrogen (secondary N) is 1. The van der Waals surface area contributed by atoms with Crippen molar-refractivity contribution in [2.45, 2.75) is 39.4 Å². The maximum Gasteiger partial charge on any atom is 0.433 e. The topological polar surface area (TPSA) is 49.6 Å². The molecule has 28 heavy (non-hydrogen) atoms. The van der Waals surface area contributed by atoms with Crippen LogP contribution in [-0.4, -0.2) is 16.5 Å². The van der Waals surface area contributed by atoms with E-state index in [-0.39, 0.29) is 5.82 Å². The maximum atomic E-state index is 12.9. The van der Waals surface area contributed by atoms with Crippen molar-refractivity contribution in [3.63, 3.8) is 0 Å². The van der Waals surface area contributed by atoms with Crippen LogP contribution >= 0.6 is 0 Å². The molecule has 0 unspecified atom stereocenters. The molecule has 0 saturated carbocycles. The van der Waals surface area contributed by atoms with Crippen molar-refractivity contribution in [2.75, 3.05) is 5.32 Å². The van der Waals surface area contributed by atoms with Gasteiger partial charge >= 0.3 is 6.18 Å². The Morgan fingerprint density at radius 1 is 1.14 bits per heavy atom. The van der Waals surface area contributed by atoms with Gasteiger partial charge in [-0.2, -0.15) is 13.2 Å². The second-order valence-electron chi connectivity index (χ2n) is 6.35. The molecule has 0 saturated heterocycles. The first-order valence-corrected chi connectivity index (χ1v) is 9.03. The zero-order valence-electron chi connectivity index (χ0n) is 15.7. The van der Waals surface area contributed by atoms with Gasteiger partial charge in [-0.15, -0.1) is 0 Å². The molecule has 0 aliphatic carbocycles. The number of rotatable bonds is 4. The van der Waals surface area contributed by atoms with Gasteiger partial charge in [-0.3, -0.25) is 9.98 Å². The number of alkyl halides is 3. The van der Waals surface area contributed by atoms with E-state index < -0.39 is 11.9 Å². The molecule has 0 atom stereocenters. The van der Waals surface area contributed by atoms with Crippen molar-refractivity contribution in [2.24, 2.45) is 9.98 Å². The monoisotopic (exact) mass is 386 g/mol. The molecule has 4 nitrogen and oxygen atoms in total. The third-order valence-corrected chi connectivity index (χ3v) is 4.45. The zero-order valence-corrected chi connectivity index (χ0v) is 15.7. The smallest absolute Gasteiger partial charge is 0.325 e. The van der Waals surface area contributed by atoms with Crippen LogP contribution < -0.4 is 5.32 Å². The van der Waals surface area contributed by atoms with Crippen molar-refractivity contribution in [1.82, 2.24) is 4.98 Å². The van der Waals surface area contributed by atoms with E-state index in [1.54, 1.807) is 6.20 Å². The Bertz CT molecular complexity index is 931. The third kappa shape index (κ3) is 4.47. The summed E-state index contributed by atoms with van der Waals surface area (Å²) in [6.45, 7) is 4.21. The number of fused-ring (bicyclic) bond motifs is 1. The highest BCUT2D eigenvalue weighted by atomic mass is 19.4. The van der Waals surface area contributed by atoms with E-state index in [9.17, 15) is 13.2 Å². The summed E-state index contributed by atoms with van der Waals surface area (Å²) in [6, 6.07) is 2.40. The number of nitrogens with zero attached hydrogens (tertiary/aromatic N) is 3. The van der Waals surface area contributed by atoms with Gasteiger partial charge in [0.1, 0.15) is 17.3 Å². The molecule has 0 radical (unpaired) electrons. The standard InChI is InChI=1S/C21H21F3N4/c1-3-5-6-7-14(4-2)17-10-8-15(12-25-17)19-26-13-16-9-11-18(21(22,23)24)27-20(16)28-19/h3-7,9,11-12H,8,10,13H2,1-2H3,(H,26,27,28)/b5-3-,7-6-,14-4+. The van der Waals surface area contributed by atoms with Crippen LogP contribution in [0.3, 0.4) is 0 Å². The number of amidine groups is 1. The highest BCUT2D eigenvalue weighted by molar-refractivity contribution is 6.11. The Morgan fingerprint density at radius 3 is 2.61 bits per heavy atom. The minimum atomic E-state index is -4.47. The molecule has 3 heterocycles. The molecular weight excluding hydrogens is 365 g/mol. The maximum absolute atomic E-state index is 12.9. The lowest BCUT2D eigenvalue weighted by atomic mass is 9.98. The minimum Gasteiger partial charge on any atom is -0.325 e. The van der Waals surface area contributed by atoms with Crippen LogP contribution in [0.5, 0.6) is 0 Å². The Balaban J connectivity index is 1.78. The molecule has 0 spiro atoms. The van der Waals surface area contributed by atoms with E-state index >= 15 is 0 Å². The molecule has 1 N–H and O–H groups in total. The van der Waals surface area contributed by atoms with Crippen LogP contribution in [0.25, 0.3) is 0 Å². The van der Waals surface area contributed by atoms with E-state index in [2.05, 4.69) is 20.3 Å². The number of pyridine rings is 1. The lowest BCUT2D eigenvalue weighted by Crippen LogP contribution is -2.24. The average molecular weight is 386 g/mol. The number of allylic oxidation sites excluding steroid dienone is 6. The highest BCUT2D eigenvalue weighted by Crippen LogP contribution is 2.31. The SMILES string of the molecule is C\C=C/C=C\C(=C/C)C1=NC=C(C2=NCc3ccc(C(F)(F)F)nc3N2)CC1. The first-order chi connectivity index (χ1) is 13.4. The summed E-state index contributed by atoms with van der Waals surface area (Å²) in [6.07, 6.45) is 8.57. The Kier molecular flexibility index (Phi) is 5.92. The van der Waals surface area contributed by atoms with Crippen LogP contribution in [0, 0.1) is 0 Å². The molecule has 7 heteroatoms. The number of hydrogen-bond donors (Lipinski definition) is 1. The fraction of sp³-hybridized carbons (Fsp3) is 0.286. The predicted octanol–water partition coefficient (Wildman–Crippen LogP) is 5.62. The first kappa shape index (κ1) is 19.8. The summed E-state index contributed by atoms with van der Waals surface area (Å²) in [4.78, 5) is 12.7. The molecule has 146 valence electrons. The van der Waals surface area contributed by atoms with Crippen LogP contribution in [0.4, 0.5) is 19.0 Å². The van der Waals surface area contributed by atoms with Crippen LogP contribution in [0.15, 0.2) is 69.8 Å². The van der Waals surface area contributed by atoms with E-state index in [1.807, 2.05) is 44.2 Å². The Labute approximate surface area is 162 Å². The molecule has 0 amide bonds. The van der Waals surface area contributed by atoms with Crippen LogP contribution in [-0.2, 0) is 12.7 Å². The van der Waals surface area contributed by atoms with E-state index in [4.69, 9.17) is 0 Å². The number of anilines is 1. The van der Waals surface area contributed by atoms with Gasteiger partial charge in [0.15, 0.2) is 0 Å². The summed E-state index contributed by atoms with van der Waals surface area (Å²) in [5, 5.41) is 2.94. The van der Waals surface area contributed by atoms with Gasteiger partial charge in [-0.25, -0.2) is 4.98 Å². The fourth-order valence-electron chi connectivity index (χ4n) is 2.95. The zero-order chi connectivity index (χ0) is 20.1. The second-order valence-corrected chi connectivity index (χ2v) is 6.35. The predicted molar refractivity (Wildman–Crippen MR) is 106 cm³/mol. The van der Waals surface area contributed by atoms with Crippen molar-refractivity contribution in [1.29, 1.82) is 0 Å². The average Bonchev–Trinajstić information content (AvgIpc) is 2.70. The molecule has 3 rings (SSSR count). The lowest BCUT2D eigenvalue weighted by molar-refractivity contribution is -0.141. The number of halogens is 3. The molecule has 2 aliphatic heterocycles. The summed E-state index contributed by atoms with van der Waals surface area (Å²) in [7, 11) is 0. The second kappa shape index (κ2) is 8.37. The van der Waals surface area contributed by atoms with Gasteiger partial charge in [-0.05, 0) is 38.3 Å². The van der Waals surface area contributed by atoms with Crippen molar-refractivity contribution < 1.29 is 13.2 Å². The Morgan fingerprint density at radius 2 is 1.96 bits per heavy atom. The summed E-state index contributed by atoms with van der Waals surface area (Å²) in [5.41, 5.74) is 2.61. The normalized spacial score (nSPS) is 17.9. The third-order valence-electron chi connectivity index (χ3n) is 4.45. The number of aliphatic imine (C=N–C) groups is 2.